The van der Waals surface area contributed by atoms with Gasteiger partial charge in [-0.25, -0.2) is 4.39 Å². The van der Waals surface area contributed by atoms with Crippen molar-refractivity contribution in [2.75, 3.05) is 6.61 Å². The van der Waals surface area contributed by atoms with Crippen LogP contribution in [0.15, 0.2) is 72.8 Å². The summed E-state index contributed by atoms with van der Waals surface area (Å²) in [7, 11) is 0. The molecule has 0 unspecified atom stereocenters. The maximum atomic E-state index is 13.9. The summed E-state index contributed by atoms with van der Waals surface area (Å²) in [5.41, 5.74) is 2.52. The number of ether oxygens (including phenoxy) is 1. The molecular weight excluding hydrogens is 488 g/mol. The van der Waals surface area contributed by atoms with Gasteiger partial charge in [-0.3, -0.25) is 4.79 Å². The van der Waals surface area contributed by atoms with E-state index >= 15 is 0 Å². The first-order chi connectivity index (χ1) is 16.9. The number of carbonyl (C=O) groups excluding carboxylic acids is 1. The number of hydrogen-bond donors (Lipinski definition) is 1. The van der Waals surface area contributed by atoms with Crippen molar-refractivity contribution >= 4 is 29.1 Å². The lowest BCUT2D eigenvalue weighted by Crippen LogP contribution is -2.56. The van der Waals surface area contributed by atoms with E-state index in [4.69, 9.17) is 27.9 Å². The van der Waals surface area contributed by atoms with Crippen molar-refractivity contribution in [3.63, 3.8) is 0 Å². The van der Waals surface area contributed by atoms with E-state index in [9.17, 15) is 14.3 Å². The first-order valence-corrected chi connectivity index (χ1v) is 12.5. The first kappa shape index (κ1) is 25.6. The molecule has 1 saturated heterocycles. The molecule has 0 aromatic heterocycles. The summed E-state index contributed by atoms with van der Waals surface area (Å²) in [5, 5.41) is 11.5. The zero-order valence-electron chi connectivity index (χ0n) is 19.4. The van der Waals surface area contributed by atoms with Crippen LogP contribution in [-0.4, -0.2) is 34.7 Å². The van der Waals surface area contributed by atoms with Gasteiger partial charge in [-0.05, 0) is 59.5 Å². The third-order valence-corrected chi connectivity index (χ3v) is 6.90. The van der Waals surface area contributed by atoms with E-state index in [1.807, 2.05) is 31.2 Å². The Kier molecular flexibility index (Phi) is 8.45. The number of aliphatic hydroxyl groups is 1. The Morgan fingerprint density at radius 1 is 0.943 bits per heavy atom. The van der Waals surface area contributed by atoms with E-state index in [-0.39, 0.29) is 30.8 Å². The van der Waals surface area contributed by atoms with Gasteiger partial charge < -0.3 is 14.7 Å². The van der Waals surface area contributed by atoms with Crippen LogP contribution < -0.4 is 0 Å². The molecule has 3 aromatic carbocycles. The number of hydrogen-bond acceptors (Lipinski definition) is 3. The van der Waals surface area contributed by atoms with E-state index in [2.05, 4.69) is 0 Å². The molecule has 1 amide bonds. The smallest absolute Gasteiger partial charge is 0.253 e. The van der Waals surface area contributed by atoms with Gasteiger partial charge in [-0.2, -0.15) is 0 Å². The van der Waals surface area contributed by atoms with Crippen molar-refractivity contribution in [1.29, 1.82) is 0 Å². The third-order valence-electron chi connectivity index (χ3n) is 6.40. The van der Waals surface area contributed by atoms with Gasteiger partial charge in [0.15, 0.2) is 0 Å². The third kappa shape index (κ3) is 5.87. The number of nitrogens with zero attached hydrogens (tertiary/aromatic N) is 1. The Balaban J connectivity index is 1.81. The van der Waals surface area contributed by atoms with Crippen LogP contribution in [0.2, 0.25) is 10.0 Å². The number of carbonyl (C=O) groups is 1. The molecule has 7 heteroatoms. The molecule has 0 spiro atoms. The van der Waals surface area contributed by atoms with Gasteiger partial charge in [0.2, 0.25) is 0 Å². The minimum Gasteiger partial charge on any atom is -0.394 e. The maximum absolute atomic E-state index is 13.9. The SMILES string of the molecule is CCC[C@H](CO)N1C(=O)[C@@H](Cc2ccc(F)cc2)O[C@H](c2ccc(Cl)cc2)[C@@H]1c1ccc(Cl)cc1. The second kappa shape index (κ2) is 11.5. The molecule has 0 aliphatic carbocycles. The molecule has 0 bridgehead atoms. The van der Waals surface area contributed by atoms with E-state index in [0.717, 1.165) is 23.1 Å². The monoisotopic (exact) mass is 515 g/mol. The van der Waals surface area contributed by atoms with Crippen molar-refractivity contribution in [2.24, 2.45) is 0 Å². The Bertz CT molecular complexity index is 1120. The molecule has 0 radical (unpaired) electrons. The molecule has 3 aromatic rings. The van der Waals surface area contributed by atoms with Crippen LogP contribution in [0.3, 0.4) is 0 Å². The van der Waals surface area contributed by atoms with Crippen molar-refractivity contribution in [3.05, 3.63) is 105 Å². The fraction of sp³-hybridized carbons (Fsp3) is 0.321. The van der Waals surface area contributed by atoms with Gasteiger partial charge in [-0.1, -0.05) is 72.9 Å². The summed E-state index contributed by atoms with van der Waals surface area (Å²) < 4.78 is 20.0. The Hall–Kier alpha value is -2.44. The molecule has 1 fully saturated rings. The van der Waals surface area contributed by atoms with Gasteiger partial charge in [0.25, 0.3) is 5.91 Å². The van der Waals surface area contributed by atoms with Gasteiger partial charge >= 0.3 is 0 Å². The minimum atomic E-state index is -0.796. The predicted octanol–water partition coefficient (Wildman–Crippen LogP) is 6.55. The van der Waals surface area contributed by atoms with Crippen LogP contribution in [0, 0.1) is 5.82 Å². The zero-order valence-corrected chi connectivity index (χ0v) is 20.9. The Morgan fingerprint density at radius 3 is 2.06 bits per heavy atom. The average Bonchev–Trinajstić information content (AvgIpc) is 2.86. The molecule has 0 saturated carbocycles. The number of morpholine rings is 1. The summed E-state index contributed by atoms with van der Waals surface area (Å²) in [5.74, 6) is -0.539. The topological polar surface area (TPSA) is 49.8 Å². The summed E-state index contributed by atoms with van der Waals surface area (Å²) >= 11 is 12.3. The number of benzene rings is 3. The first-order valence-electron chi connectivity index (χ1n) is 11.7. The molecule has 4 atom stereocenters. The van der Waals surface area contributed by atoms with Crippen LogP contribution >= 0.6 is 23.2 Å². The molecule has 1 aliphatic rings. The maximum Gasteiger partial charge on any atom is 0.253 e. The van der Waals surface area contributed by atoms with Crippen molar-refractivity contribution in [3.8, 4) is 0 Å². The molecule has 4 rings (SSSR count). The summed E-state index contributed by atoms with van der Waals surface area (Å²) in [6, 6.07) is 19.9. The Labute approximate surface area is 215 Å². The highest BCUT2D eigenvalue weighted by molar-refractivity contribution is 6.30. The molecule has 35 heavy (non-hydrogen) atoms. The zero-order chi connectivity index (χ0) is 24.9. The van der Waals surface area contributed by atoms with Crippen molar-refractivity contribution in [2.45, 2.75) is 50.5 Å². The van der Waals surface area contributed by atoms with Gasteiger partial charge in [0.1, 0.15) is 18.0 Å². The lowest BCUT2D eigenvalue weighted by atomic mass is 9.89. The van der Waals surface area contributed by atoms with Crippen LogP contribution in [-0.2, 0) is 16.0 Å². The van der Waals surface area contributed by atoms with Crippen molar-refractivity contribution < 1.29 is 19.0 Å². The summed E-state index contributed by atoms with van der Waals surface area (Å²) in [6.07, 6.45) is 0.426. The van der Waals surface area contributed by atoms with Gasteiger partial charge in [0, 0.05) is 16.5 Å². The highest BCUT2D eigenvalue weighted by atomic mass is 35.5. The second-order valence-corrected chi connectivity index (χ2v) is 9.67. The lowest BCUT2D eigenvalue weighted by molar-refractivity contribution is -0.181. The van der Waals surface area contributed by atoms with E-state index in [0.29, 0.717) is 16.5 Å². The van der Waals surface area contributed by atoms with Gasteiger partial charge in [-0.15, -0.1) is 0 Å². The number of halogens is 3. The van der Waals surface area contributed by atoms with E-state index in [1.54, 1.807) is 41.3 Å². The summed E-state index contributed by atoms with van der Waals surface area (Å²) in [4.78, 5) is 15.7. The number of amides is 1. The normalized spacial score (nSPS) is 21.2. The quantitative estimate of drug-likeness (QED) is 0.370. The molecular formula is C28H28Cl2FNO3. The molecule has 1 heterocycles. The minimum absolute atomic E-state index is 0.166. The highest BCUT2D eigenvalue weighted by Gasteiger charge is 2.46. The van der Waals surface area contributed by atoms with Crippen LogP contribution in [0.25, 0.3) is 0 Å². The number of aliphatic hydroxyl groups excluding tert-OH is 1. The second-order valence-electron chi connectivity index (χ2n) is 8.79. The molecule has 1 N–H and O–H groups in total. The fourth-order valence-electron chi connectivity index (χ4n) is 4.70. The standard InChI is InChI=1S/C28H28Cl2FNO3/c1-2-3-24(17-33)32-26(19-6-10-21(29)11-7-19)27(20-8-12-22(30)13-9-20)35-25(28(32)34)16-18-4-14-23(31)15-5-18/h4-15,24-27,33H,2-3,16-17H2,1H3/t24-,25-,26+,27-/m1/s1. The highest BCUT2D eigenvalue weighted by Crippen LogP contribution is 2.44. The fourth-order valence-corrected chi connectivity index (χ4v) is 4.95. The van der Waals surface area contributed by atoms with E-state index in [1.165, 1.54) is 12.1 Å². The molecule has 4 nitrogen and oxygen atoms in total. The predicted molar refractivity (Wildman–Crippen MR) is 136 cm³/mol. The lowest BCUT2D eigenvalue weighted by Gasteiger charge is -2.48. The van der Waals surface area contributed by atoms with Gasteiger partial charge in [0.05, 0.1) is 18.7 Å². The van der Waals surface area contributed by atoms with Crippen LogP contribution in [0.4, 0.5) is 4.39 Å². The van der Waals surface area contributed by atoms with E-state index < -0.39 is 18.2 Å². The Morgan fingerprint density at radius 2 is 1.51 bits per heavy atom. The molecule has 184 valence electrons. The number of rotatable bonds is 8. The average molecular weight is 516 g/mol. The summed E-state index contributed by atoms with van der Waals surface area (Å²) in [6.45, 7) is 1.86. The van der Waals surface area contributed by atoms with Crippen molar-refractivity contribution in [1.82, 2.24) is 4.90 Å². The largest absolute Gasteiger partial charge is 0.394 e. The van der Waals surface area contributed by atoms with Crippen LogP contribution in [0.1, 0.15) is 48.6 Å². The van der Waals surface area contributed by atoms with Crippen LogP contribution in [0.5, 0.6) is 0 Å². The molecule has 1 aliphatic heterocycles.